The maximum Gasteiger partial charge on any atom is 0.264 e. The minimum absolute atomic E-state index is 0.00352. The average molecular weight is 238 g/mol. The van der Waals surface area contributed by atoms with E-state index in [1.54, 1.807) is 24.5 Å². The normalized spacial score (nSPS) is 11.8. The third kappa shape index (κ3) is 2.53. The molecule has 0 spiro atoms. The minimum Gasteiger partial charge on any atom is -0.265 e. The summed E-state index contributed by atoms with van der Waals surface area (Å²) < 4.78 is 26.5. The first-order valence-corrected chi connectivity index (χ1v) is 6.41. The smallest absolute Gasteiger partial charge is 0.264 e. The molecule has 0 atom stereocenters. The molecule has 2 rings (SSSR count). The van der Waals surface area contributed by atoms with Crippen molar-refractivity contribution in [3.8, 4) is 0 Å². The fraction of sp³-hybridized carbons (Fsp3) is 0.200. The molecule has 0 fully saturated rings. The zero-order chi connectivity index (χ0) is 11.6. The first-order valence-electron chi connectivity index (χ1n) is 4.59. The predicted octanol–water partition coefficient (Wildman–Crippen LogP) is 1.11. The molecule has 2 aromatic rings. The molecule has 0 aliphatic rings. The van der Waals surface area contributed by atoms with Gasteiger partial charge in [-0.25, -0.2) is 9.97 Å². The van der Waals surface area contributed by atoms with Crippen LogP contribution in [-0.4, -0.2) is 24.6 Å². The van der Waals surface area contributed by atoms with Crippen molar-refractivity contribution in [3.63, 3.8) is 0 Å². The summed E-state index contributed by atoms with van der Waals surface area (Å²) in [5.41, 5.74) is 1.33. The zero-order valence-corrected chi connectivity index (χ0v) is 9.44. The summed E-state index contributed by atoms with van der Waals surface area (Å²) in [6, 6.07) is 5.32. The Morgan fingerprint density at radius 3 is 2.75 bits per heavy atom. The summed E-state index contributed by atoms with van der Waals surface area (Å²) in [6.07, 6.45) is 4.24. The van der Waals surface area contributed by atoms with Gasteiger partial charge in [0.05, 0.1) is 12.9 Å². The Kier molecular flexibility index (Phi) is 2.84. The van der Waals surface area contributed by atoms with E-state index in [0.29, 0.717) is 5.65 Å². The molecule has 0 amide bonds. The second-order valence-corrected chi connectivity index (χ2v) is 4.95. The van der Waals surface area contributed by atoms with Crippen molar-refractivity contribution in [3.05, 3.63) is 36.2 Å². The lowest BCUT2D eigenvalue weighted by atomic mass is 10.2. The molecule has 0 saturated carbocycles. The van der Waals surface area contributed by atoms with Crippen LogP contribution in [0.1, 0.15) is 5.56 Å². The summed E-state index contributed by atoms with van der Waals surface area (Å²) in [5.74, 6) is 0. The molecule has 5 nitrogen and oxygen atoms in total. The number of hydrogen-bond acceptors (Lipinski definition) is 5. The van der Waals surface area contributed by atoms with Gasteiger partial charge in [-0.15, -0.1) is 0 Å². The monoisotopic (exact) mass is 238 g/mol. The van der Waals surface area contributed by atoms with E-state index in [9.17, 15) is 8.42 Å². The van der Waals surface area contributed by atoms with E-state index in [4.69, 9.17) is 4.18 Å². The quantitative estimate of drug-likeness (QED) is 0.749. The maximum atomic E-state index is 10.9. The molecule has 2 heterocycles. The van der Waals surface area contributed by atoms with E-state index in [1.807, 2.05) is 6.07 Å². The molecule has 0 aliphatic heterocycles. The maximum absolute atomic E-state index is 10.9. The second kappa shape index (κ2) is 4.15. The summed E-state index contributed by atoms with van der Waals surface area (Å²) in [4.78, 5) is 8.14. The van der Waals surface area contributed by atoms with Gasteiger partial charge in [0.2, 0.25) is 0 Å². The van der Waals surface area contributed by atoms with Crippen molar-refractivity contribution in [2.45, 2.75) is 6.61 Å². The van der Waals surface area contributed by atoms with E-state index < -0.39 is 10.1 Å². The average Bonchev–Trinajstić information content (AvgIpc) is 2.25. The molecule has 0 bridgehead atoms. The van der Waals surface area contributed by atoms with E-state index in [0.717, 1.165) is 17.2 Å². The number of hydrogen-bond donors (Lipinski definition) is 0. The highest BCUT2D eigenvalue weighted by molar-refractivity contribution is 7.85. The largest absolute Gasteiger partial charge is 0.265 e. The van der Waals surface area contributed by atoms with E-state index in [1.165, 1.54) is 0 Å². The van der Waals surface area contributed by atoms with Gasteiger partial charge >= 0.3 is 0 Å². The number of aromatic nitrogens is 2. The van der Waals surface area contributed by atoms with Crippen LogP contribution in [0, 0.1) is 0 Å². The molecule has 2 aromatic heterocycles. The summed E-state index contributed by atoms with van der Waals surface area (Å²) in [6.45, 7) is 0.00352. The lowest BCUT2D eigenvalue weighted by Gasteiger charge is -2.04. The molecule has 0 N–H and O–H groups in total. The van der Waals surface area contributed by atoms with Crippen LogP contribution in [0.4, 0.5) is 0 Å². The molecule has 0 aliphatic carbocycles. The Morgan fingerprint density at radius 2 is 2.00 bits per heavy atom. The summed E-state index contributed by atoms with van der Waals surface area (Å²) >= 11 is 0. The number of nitrogens with zero attached hydrogens (tertiary/aromatic N) is 2. The second-order valence-electron chi connectivity index (χ2n) is 3.31. The number of rotatable bonds is 3. The van der Waals surface area contributed by atoms with E-state index in [-0.39, 0.29) is 6.61 Å². The van der Waals surface area contributed by atoms with Gasteiger partial charge in [0.25, 0.3) is 10.1 Å². The third-order valence-electron chi connectivity index (χ3n) is 2.03. The number of fused-ring (bicyclic) bond motifs is 1. The fourth-order valence-corrected chi connectivity index (χ4v) is 1.68. The molecule has 6 heteroatoms. The van der Waals surface area contributed by atoms with Crippen LogP contribution in [0.2, 0.25) is 0 Å². The summed E-state index contributed by atoms with van der Waals surface area (Å²) in [7, 11) is -3.43. The van der Waals surface area contributed by atoms with Gasteiger partial charge in [-0.3, -0.25) is 4.18 Å². The first-order chi connectivity index (χ1) is 7.56. The summed E-state index contributed by atoms with van der Waals surface area (Å²) in [5, 5.41) is 0.800. The van der Waals surface area contributed by atoms with Crippen LogP contribution in [-0.2, 0) is 20.9 Å². The Hall–Kier alpha value is -1.53. The Bertz CT molecular complexity index is 605. The highest BCUT2D eigenvalue weighted by atomic mass is 32.2. The van der Waals surface area contributed by atoms with Crippen LogP contribution >= 0.6 is 0 Å². The lowest BCUT2D eigenvalue weighted by Crippen LogP contribution is -2.03. The van der Waals surface area contributed by atoms with Crippen LogP contribution in [0.25, 0.3) is 11.0 Å². The van der Waals surface area contributed by atoms with Crippen molar-refractivity contribution in [2.24, 2.45) is 0 Å². The SMILES string of the molecule is CS(=O)(=O)OCc1ccnc2ncccc12. The fourth-order valence-electron chi connectivity index (χ4n) is 1.33. The third-order valence-corrected chi connectivity index (χ3v) is 2.58. The van der Waals surface area contributed by atoms with Gasteiger partial charge in [0, 0.05) is 17.8 Å². The van der Waals surface area contributed by atoms with Gasteiger partial charge in [-0.05, 0) is 23.8 Å². The zero-order valence-electron chi connectivity index (χ0n) is 8.62. The van der Waals surface area contributed by atoms with Crippen LogP contribution in [0.15, 0.2) is 30.6 Å². The molecule has 16 heavy (non-hydrogen) atoms. The van der Waals surface area contributed by atoms with E-state index >= 15 is 0 Å². The molecule has 0 unspecified atom stereocenters. The molecule has 0 saturated heterocycles. The van der Waals surface area contributed by atoms with Crippen LogP contribution in [0.3, 0.4) is 0 Å². The van der Waals surface area contributed by atoms with Crippen molar-refractivity contribution >= 4 is 21.2 Å². The van der Waals surface area contributed by atoms with Gasteiger partial charge < -0.3 is 0 Å². The van der Waals surface area contributed by atoms with E-state index in [2.05, 4.69) is 9.97 Å². The molecule has 0 aromatic carbocycles. The van der Waals surface area contributed by atoms with Gasteiger partial charge in [-0.1, -0.05) is 0 Å². The first kappa shape index (κ1) is 11.0. The standard InChI is InChI=1S/C10H10N2O3S/c1-16(13,14)15-7-8-4-6-12-10-9(8)3-2-5-11-10/h2-6H,7H2,1H3. The lowest BCUT2D eigenvalue weighted by molar-refractivity contribution is 0.313. The number of pyridine rings is 2. The van der Waals surface area contributed by atoms with Gasteiger partial charge in [-0.2, -0.15) is 8.42 Å². The predicted molar refractivity (Wildman–Crippen MR) is 59.2 cm³/mol. The Morgan fingerprint density at radius 1 is 1.25 bits per heavy atom. The molecular weight excluding hydrogens is 228 g/mol. The Labute approximate surface area is 93.2 Å². The highest BCUT2D eigenvalue weighted by Crippen LogP contribution is 2.15. The van der Waals surface area contributed by atoms with Crippen LogP contribution in [0.5, 0.6) is 0 Å². The molecule has 84 valence electrons. The van der Waals surface area contributed by atoms with Crippen molar-refractivity contribution in [1.82, 2.24) is 9.97 Å². The Balaban J connectivity index is 2.38. The highest BCUT2D eigenvalue weighted by Gasteiger charge is 2.06. The van der Waals surface area contributed by atoms with Crippen molar-refractivity contribution in [1.29, 1.82) is 0 Å². The van der Waals surface area contributed by atoms with Crippen LogP contribution < -0.4 is 0 Å². The minimum atomic E-state index is -3.43. The van der Waals surface area contributed by atoms with Crippen molar-refractivity contribution < 1.29 is 12.6 Å². The molecular formula is C10H10N2O3S. The van der Waals surface area contributed by atoms with Gasteiger partial charge in [0.1, 0.15) is 0 Å². The van der Waals surface area contributed by atoms with Gasteiger partial charge in [0.15, 0.2) is 5.65 Å². The topological polar surface area (TPSA) is 69.2 Å². The molecule has 0 radical (unpaired) electrons. The van der Waals surface area contributed by atoms with Crippen molar-refractivity contribution in [2.75, 3.05) is 6.26 Å².